The molecule has 0 bridgehead atoms. The second kappa shape index (κ2) is 8.81. The molecule has 0 fully saturated rings. The zero-order chi connectivity index (χ0) is 31.1. The Hall–Kier alpha value is -6.13. The molecule has 0 radical (unpaired) electrons. The number of nitrogens with zero attached hydrogens (tertiary/aromatic N) is 2. The van der Waals surface area contributed by atoms with E-state index in [0.29, 0.717) is 0 Å². The summed E-state index contributed by atoms with van der Waals surface area (Å²) in [6, 6.07) is 52.5. The van der Waals surface area contributed by atoms with Gasteiger partial charge in [-0.25, -0.2) is 0 Å². The van der Waals surface area contributed by atoms with Crippen LogP contribution >= 0.6 is 0 Å². The first-order chi connectivity index (χ1) is 23.8. The number of anilines is 3. The lowest BCUT2D eigenvalue weighted by atomic mass is 9.31. The molecule has 4 aliphatic rings. The molecule has 4 aliphatic heterocycles. The lowest BCUT2D eigenvalue weighted by Crippen LogP contribution is -2.63. The monoisotopic (exact) mass is 610 g/mol. The summed E-state index contributed by atoms with van der Waals surface area (Å²) in [5, 5.41) is 2.38. The van der Waals surface area contributed by atoms with Crippen LogP contribution in [0.25, 0.3) is 27.5 Å². The van der Waals surface area contributed by atoms with Crippen LogP contribution in [0.1, 0.15) is 0 Å². The van der Waals surface area contributed by atoms with Gasteiger partial charge in [-0.05, 0) is 81.9 Å². The van der Waals surface area contributed by atoms with Crippen LogP contribution in [0, 0.1) is 0 Å². The van der Waals surface area contributed by atoms with Gasteiger partial charge in [0, 0.05) is 39.0 Å². The molecule has 5 heterocycles. The van der Waals surface area contributed by atoms with Gasteiger partial charge in [0.1, 0.15) is 23.0 Å². The number of fused-ring (bicyclic) bond motifs is 12. The van der Waals surface area contributed by atoms with Crippen LogP contribution in [0.2, 0.25) is 0 Å². The highest BCUT2D eigenvalue weighted by atomic mass is 16.5. The topological polar surface area (TPSA) is 26.6 Å². The molecule has 0 amide bonds. The normalized spacial score (nSPS) is 14.0. The zero-order valence-electron chi connectivity index (χ0n) is 25.7. The number of benzene rings is 7. The highest BCUT2D eigenvalue weighted by molar-refractivity contribution is 7.02. The lowest BCUT2D eigenvalue weighted by molar-refractivity contribution is 0.467. The molecular formula is C42H24B2N2O2. The van der Waals surface area contributed by atoms with Crippen molar-refractivity contribution in [2.24, 2.45) is 0 Å². The Bertz CT molecular complexity index is 2720. The van der Waals surface area contributed by atoms with Crippen LogP contribution in [0.4, 0.5) is 17.1 Å². The molecule has 0 saturated heterocycles. The third-order valence-electron chi connectivity index (χ3n) is 10.9. The molecule has 8 aromatic rings. The van der Waals surface area contributed by atoms with Gasteiger partial charge in [0.2, 0.25) is 0 Å². The van der Waals surface area contributed by atoms with Gasteiger partial charge in [0.15, 0.2) is 0 Å². The largest absolute Gasteiger partial charge is 0.458 e. The highest BCUT2D eigenvalue weighted by Crippen LogP contribution is 2.45. The number of hydrogen-bond donors (Lipinski definition) is 0. The summed E-state index contributed by atoms with van der Waals surface area (Å²) in [5.74, 6) is 3.59. The van der Waals surface area contributed by atoms with Crippen molar-refractivity contribution in [3.63, 3.8) is 0 Å². The summed E-state index contributed by atoms with van der Waals surface area (Å²) in [6.07, 6.45) is 0. The molecule has 6 heteroatoms. The molecule has 48 heavy (non-hydrogen) atoms. The van der Waals surface area contributed by atoms with Crippen molar-refractivity contribution in [1.29, 1.82) is 0 Å². The van der Waals surface area contributed by atoms with E-state index in [2.05, 4.69) is 149 Å². The first-order valence-electron chi connectivity index (χ1n) is 16.6. The van der Waals surface area contributed by atoms with E-state index >= 15 is 0 Å². The Morgan fingerprint density at radius 1 is 0.458 bits per heavy atom. The minimum Gasteiger partial charge on any atom is -0.458 e. The van der Waals surface area contributed by atoms with E-state index in [9.17, 15) is 0 Å². The van der Waals surface area contributed by atoms with Crippen LogP contribution < -0.4 is 47.2 Å². The fourth-order valence-electron chi connectivity index (χ4n) is 9.11. The maximum Gasteiger partial charge on any atom is 0.260 e. The van der Waals surface area contributed by atoms with Crippen molar-refractivity contribution in [1.82, 2.24) is 4.57 Å². The van der Waals surface area contributed by atoms with Crippen molar-refractivity contribution >= 4 is 85.1 Å². The third kappa shape index (κ3) is 2.95. The van der Waals surface area contributed by atoms with Gasteiger partial charge < -0.3 is 18.9 Å². The van der Waals surface area contributed by atoms with Gasteiger partial charge in [-0.15, -0.1) is 0 Å². The van der Waals surface area contributed by atoms with Crippen LogP contribution in [0.5, 0.6) is 23.0 Å². The van der Waals surface area contributed by atoms with Gasteiger partial charge in [-0.3, -0.25) is 0 Å². The Morgan fingerprint density at radius 2 is 1.12 bits per heavy atom. The van der Waals surface area contributed by atoms with E-state index < -0.39 is 0 Å². The van der Waals surface area contributed by atoms with Gasteiger partial charge >= 0.3 is 0 Å². The smallest absolute Gasteiger partial charge is 0.260 e. The van der Waals surface area contributed by atoms with Gasteiger partial charge in [0.05, 0.1) is 11.0 Å². The maximum absolute atomic E-state index is 7.03. The standard InChI is InChI=1S/C42H24B2N2O2/c1-2-12-25(13-3-1)45-32-18-8-5-15-27(32)43-29-24-30-42(48-37-23-11-22-36-40(37)44(30)28-16-6-9-21-35(28)47-36)38-26-14-4-7-17-31(26)46(41(29)38)34-20-10-19-33(45)39(34)43/h1-24H. The molecule has 0 spiro atoms. The molecule has 12 rings (SSSR count). The summed E-state index contributed by atoms with van der Waals surface area (Å²) in [4.78, 5) is 2.44. The number of ether oxygens (including phenoxy) is 2. The summed E-state index contributed by atoms with van der Waals surface area (Å²) in [6.45, 7) is 0.0349. The number of para-hydroxylation sites is 4. The van der Waals surface area contributed by atoms with Crippen LogP contribution in [-0.2, 0) is 0 Å². The Balaban J connectivity index is 1.25. The fraction of sp³-hybridized carbons (Fsp3) is 0. The first-order valence-corrected chi connectivity index (χ1v) is 16.6. The summed E-state index contributed by atoms with van der Waals surface area (Å²) in [5.41, 5.74) is 14.7. The molecule has 1 aromatic heterocycles. The Labute approximate surface area is 277 Å². The molecule has 0 saturated carbocycles. The number of rotatable bonds is 1. The van der Waals surface area contributed by atoms with Gasteiger partial charge in [-0.1, -0.05) is 91.0 Å². The van der Waals surface area contributed by atoms with Crippen molar-refractivity contribution in [2.45, 2.75) is 0 Å². The van der Waals surface area contributed by atoms with E-state index in [1.807, 2.05) is 6.07 Å². The van der Waals surface area contributed by atoms with Gasteiger partial charge in [0.25, 0.3) is 13.4 Å². The molecule has 220 valence electrons. The molecule has 0 N–H and O–H groups in total. The Kier molecular flexibility index (Phi) is 4.59. The predicted octanol–water partition coefficient (Wildman–Crippen LogP) is 6.12. The highest BCUT2D eigenvalue weighted by Gasteiger charge is 2.46. The molecule has 4 nitrogen and oxygen atoms in total. The van der Waals surface area contributed by atoms with Crippen LogP contribution in [-0.4, -0.2) is 18.0 Å². The van der Waals surface area contributed by atoms with Crippen LogP contribution in [0.15, 0.2) is 146 Å². The van der Waals surface area contributed by atoms with E-state index in [1.165, 1.54) is 66.2 Å². The minimum atomic E-state index is -0.0102. The second-order valence-corrected chi connectivity index (χ2v) is 13.2. The maximum atomic E-state index is 7.03. The first kappa shape index (κ1) is 25.0. The quantitative estimate of drug-likeness (QED) is 0.210. The van der Waals surface area contributed by atoms with E-state index in [0.717, 1.165) is 34.1 Å². The van der Waals surface area contributed by atoms with E-state index in [1.54, 1.807) is 0 Å². The average molecular weight is 610 g/mol. The number of aromatic nitrogens is 1. The van der Waals surface area contributed by atoms with Gasteiger partial charge in [-0.2, -0.15) is 0 Å². The molecule has 0 atom stereocenters. The predicted molar refractivity (Wildman–Crippen MR) is 198 cm³/mol. The minimum absolute atomic E-state index is 0.0102. The molecule has 0 aliphatic carbocycles. The second-order valence-electron chi connectivity index (χ2n) is 13.2. The van der Waals surface area contributed by atoms with Crippen molar-refractivity contribution in [3.05, 3.63) is 146 Å². The summed E-state index contributed by atoms with van der Waals surface area (Å²) < 4.78 is 16.0. The van der Waals surface area contributed by atoms with E-state index in [4.69, 9.17) is 9.47 Å². The van der Waals surface area contributed by atoms with Crippen molar-refractivity contribution in [3.8, 4) is 28.7 Å². The Morgan fingerprint density at radius 3 is 2.04 bits per heavy atom. The zero-order valence-corrected chi connectivity index (χ0v) is 25.7. The summed E-state index contributed by atoms with van der Waals surface area (Å²) >= 11 is 0. The average Bonchev–Trinajstić information content (AvgIpc) is 3.50. The SMILES string of the molecule is c1ccc(N2c3ccccc3B3c4c2cccc4-n2c4ccccc4c4c5c(cc3c42)B2c3ccccc3Oc3cccc(c32)O5)cc1. The van der Waals surface area contributed by atoms with Crippen molar-refractivity contribution in [2.75, 3.05) is 4.90 Å². The van der Waals surface area contributed by atoms with Crippen molar-refractivity contribution < 1.29 is 9.47 Å². The molecule has 0 unspecified atom stereocenters. The lowest BCUT2D eigenvalue weighted by Gasteiger charge is -2.41. The fourth-order valence-corrected chi connectivity index (χ4v) is 9.11. The molecular weight excluding hydrogens is 586 g/mol. The third-order valence-corrected chi connectivity index (χ3v) is 10.9. The van der Waals surface area contributed by atoms with E-state index in [-0.39, 0.29) is 13.4 Å². The van der Waals surface area contributed by atoms with Crippen LogP contribution in [0.3, 0.4) is 0 Å². The molecule has 7 aromatic carbocycles. The summed E-state index contributed by atoms with van der Waals surface area (Å²) in [7, 11) is 0. The number of hydrogen-bond acceptors (Lipinski definition) is 3.